The summed E-state index contributed by atoms with van der Waals surface area (Å²) in [5.41, 5.74) is 6.50. The highest BCUT2D eigenvalue weighted by Crippen LogP contribution is 2.11. The van der Waals surface area contributed by atoms with E-state index in [1.165, 1.54) is 0 Å². The fourth-order valence-corrected chi connectivity index (χ4v) is 1.50. The van der Waals surface area contributed by atoms with Gasteiger partial charge in [-0.3, -0.25) is 9.48 Å². The minimum absolute atomic E-state index is 0.0857. The van der Waals surface area contributed by atoms with Crippen LogP contribution in [0.5, 0.6) is 0 Å². The molecule has 0 aliphatic rings. The molecule has 0 spiro atoms. The number of amides is 1. The summed E-state index contributed by atoms with van der Waals surface area (Å²) < 4.78 is 1.56. The van der Waals surface area contributed by atoms with Crippen LogP contribution in [0.4, 0.5) is 5.69 Å². The molecule has 0 aliphatic heterocycles. The van der Waals surface area contributed by atoms with Gasteiger partial charge in [0.15, 0.2) is 5.69 Å². The average molecular weight is 210 g/mol. The summed E-state index contributed by atoms with van der Waals surface area (Å²) in [6.45, 7) is 5.42. The zero-order valence-corrected chi connectivity index (χ0v) is 9.53. The van der Waals surface area contributed by atoms with Gasteiger partial charge in [0.1, 0.15) is 0 Å². The smallest absolute Gasteiger partial charge is 0.276 e. The Labute approximate surface area is 89.9 Å². The quantitative estimate of drug-likeness (QED) is 0.802. The fraction of sp³-hybridized carbons (Fsp3) is 0.600. The molecule has 0 bridgehead atoms. The van der Waals surface area contributed by atoms with Crippen molar-refractivity contribution in [2.75, 3.05) is 18.8 Å². The predicted molar refractivity (Wildman–Crippen MR) is 59.5 cm³/mol. The normalized spacial score (nSPS) is 10.3. The molecule has 0 saturated heterocycles. The Balaban J connectivity index is 2.87. The average Bonchev–Trinajstić information content (AvgIpc) is 2.53. The number of hydrogen-bond donors (Lipinski definition) is 1. The van der Waals surface area contributed by atoms with Crippen molar-refractivity contribution >= 4 is 11.6 Å². The number of aromatic nitrogens is 2. The first-order chi connectivity index (χ1) is 7.10. The molecule has 0 aromatic carbocycles. The van der Waals surface area contributed by atoms with Crippen LogP contribution < -0.4 is 5.73 Å². The van der Waals surface area contributed by atoms with Crippen molar-refractivity contribution in [3.8, 4) is 0 Å². The lowest BCUT2D eigenvalue weighted by Gasteiger charge is -2.18. The van der Waals surface area contributed by atoms with E-state index in [4.69, 9.17) is 5.73 Å². The second kappa shape index (κ2) is 4.82. The number of carbonyl (C=O) groups is 1. The van der Waals surface area contributed by atoms with E-state index in [-0.39, 0.29) is 5.91 Å². The molecule has 0 radical (unpaired) electrons. The van der Waals surface area contributed by atoms with Crippen molar-refractivity contribution in [3.63, 3.8) is 0 Å². The number of nitrogen functional groups attached to an aromatic ring is 1. The topological polar surface area (TPSA) is 64.2 Å². The molecular formula is C10H18N4O. The molecule has 15 heavy (non-hydrogen) atoms. The fourth-order valence-electron chi connectivity index (χ4n) is 1.50. The van der Waals surface area contributed by atoms with Crippen LogP contribution in [0.15, 0.2) is 6.20 Å². The van der Waals surface area contributed by atoms with E-state index in [1.807, 2.05) is 13.8 Å². The molecule has 0 fully saturated rings. The first-order valence-electron chi connectivity index (χ1n) is 5.18. The van der Waals surface area contributed by atoms with Gasteiger partial charge < -0.3 is 10.6 Å². The molecule has 5 heteroatoms. The number of aryl methyl sites for hydroxylation is 1. The SMILES string of the molecule is CCCN(CC)C(=O)c1nn(C)cc1N. The summed E-state index contributed by atoms with van der Waals surface area (Å²) in [5, 5.41) is 4.06. The lowest BCUT2D eigenvalue weighted by molar-refractivity contribution is 0.0759. The Kier molecular flexibility index (Phi) is 3.71. The zero-order valence-electron chi connectivity index (χ0n) is 9.53. The summed E-state index contributed by atoms with van der Waals surface area (Å²) in [7, 11) is 1.75. The zero-order chi connectivity index (χ0) is 11.4. The van der Waals surface area contributed by atoms with E-state index in [0.717, 1.165) is 13.0 Å². The van der Waals surface area contributed by atoms with Crippen LogP contribution >= 0.6 is 0 Å². The third kappa shape index (κ3) is 2.49. The maximum absolute atomic E-state index is 12.0. The Morgan fingerprint density at radius 1 is 1.60 bits per heavy atom. The Bertz CT molecular complexity index is 345. The standard InChI is InChI=1S/C10H18N4O/c1-4-6-14(5-2)10(15)9-8(11)7-13(3)12-9/h7H,4-6,11H2,1-3H3. The maximum Gasteiger partial charge on any atom is 0.276 e. The third-order valence-electron chi connectivity index (χ3n) is 2.22. The van der Waals surface area contributed by atoms with E-state index in [2.05, 4.69) is 5.10 Å². The summed E-state index contributed by atoms with van der Waals surface area (Å²) in [6, 6.07) is 0. The minimum atomic E-state index is -0.0857. The molecule has 0 saturated carbocycles. The Hall–Kier alpha value is -1.52. The van der Waals surface area contributed by atoms with Crippen molar-refractivity contribution in [3.05, 3.63) is 11.9 Å². The van der Waals surface area contributed by atoms with Gasteiger partial charge in [0.05, 0.1) is 5.69 Å². The number of rotatable bonds is 4. The van der Waals surface area contributed by atoms with Crippen LogP contribution in [0.1, 0.15) is 30.8 Å². The molecule has 5 nitrogen and oxygen atoms in total. The summed E-state index contributed by atoms with van der Waals surface area (Å²) in [5.74, 6) is -0.0857. The highest BCUT2D eigenvalue weighted by molar-refractivity contribution is 5.97. The number of hydrogen-bond acceptors (Lipinski definition) is 3. The molecule has 0 unspecified atom stereocenters. The van der Waals surface area contributed by atoms with Gasteiger partial charge in [-0.05, 0) is 13.3 Å². The summed E-state index contributed by atoms with van der Waals surface area (Å²) in [4.78, 5) is 13.7. The van der Waals surface area contributed by atoms with Gasteiger partial charge in [-0.15, -0.1) is 0 Å². The summed E-state index contributed by atoms with van der Waals surface area (Å²) >= 11 is 0. The van der Waals surface area contributed by atoms with Crippen LogP contribution in [-0.4, -0.2) is 33.7 Å². The molecule has 0 atom stereocenters. The van der Waals surface area contributed by atoms with Gasteiger partial charge >= 0.3 is 0 Å². The van der Waals surface area contributed by atoms with E-state index in [9.17, 15) is 4.79 Å². The van der Waals surface area contributed by atoms with Crippen molar-refractivity contribution < 1.29 is 4.79 Å². The highest BCUT2D eigenvalue weighted by atomic mass is 16.2. The molecule has 1 aromatic heterocycles. The van der Waals surface area contributed by atoms with E-state index >= 15 is 0 Å². The van der Waals surface area contributed by atoms with Crippen LogP contribution in [0.25, 0.3) is 0 Å². The Morgan fingerprint density at radius 3 is 2.67 bits per heavy atom. The largest absolute Gasteiger partial charge is 0.396 e. The predicted octanol–water partition coefficient (Wildman–Crippen LogP) is 0.874. The second-order valence-electron chi connectivity index (χ2n) is 3.49. The Morgan fingerprint density at radius 2 is 2.27 bits per heavy atom. The number of anilines is 1. The van der Waals surface area contributed by atoms with Gasteiger partial charge in [0.2, 0.25) is 0 Å². The van der Waals surface area contributed by atoms with E-state index in [0.29, 0.717) is 17.9 Å². The van der Waals surface area contributed by atoms with Crippen molar-refractivity contribution in [2.24, 2.45) is 7.05 Å². The second-order valence-corrected chi connectivity index (χ2v) is 3.49. The lowest BCUT2D eigenvalue weighted by atomic mass is 10.3. The van der Waals surface area contributed by atoms with Gasteiger partial charge in [-0.2, -0.15) is 5.10 Å². The van der Waals surface area contributed by atoms with Gasteiger partial charge in [-0.1, -0.05) is 6.92 Å². The molecule has 84 valence electrons. The van der Waals surface area contributed by atoms with Crippen molar-refractivity contribution in [2.45, 2.75) is 20.3 Å². The molecule has 1 rings (SSSR count). The first kappa shape index (κ1) is 11.6. The van der Waals surface area contributed by atoms with E-state index in [1.54, 1.807) is 22.8 Å². The molecule has 2 N–H and O–H groups in total. The van der Waals surface area contributed by atoms with Crippen LogP contribution in [0.2, 0.25) is 0 Å². The van der Waals surface area contributed by atoms with Crippen LogP contribution in [0, 0.1) is 0 Å². The molecule has 1 amide bonds. The molecule has 0 aliphatic carbocycles. The van der Waals surface area contributed by atoms with Crippen LogP contribution in [-0.2, 0) is 7.05 Å². The van der Waals surface area contributed by atoms with Crippen LogP contribution in [0.3, 0.4) is 0 Å². The van der Waals surface area contributed by atoms with Crippen molar-refractivity contribution in [1.82, 2.24) is 14.7 Å². The molecule has 1 heterocycles. The number of carbonyl (C=O) groups excluding carboxylic acids is 1. The van der Waals surface area contributed by atoms with Gasteiger partial charge in [-0.25, -0.2) is 0 Å². The van der Waals surface area contributed by atoms with Gasteiger partial charge in [0, 0.05) is 26.3 Å². The third-order valence-corrected chi connectivity index (χ3v) is 2.22. The molecule has 1 aromatic rings. The number of nitrogens with zero attached hydrogens (tertiary/aromatic N) is 3. The first-order valence-corrected chi connectivity index (χ1v) is 5.18. The highest BCUT2D eigenvalue weighted by Gasteiger charge is 2.19. The van der Waals surface area contributed by atoms with Gasteiger partial charge in [0.25, 0.3) is 5.91 Å². The molecular weight excluding hydrogens is 192 g/mol. The minimum Gasteiger partial charge on any atom is -0.396 e. The monoisotopic (exact) mass is 210 g/mol. The van der Waals surface area contributed by atoms with Crippen molar-refractivity contribution in [1.29, 1.82) is 0 Å². The maximum atomic E-state index is 12.0. The number of nitrogens with two attached hydrogens (primary N) is 1. The lowest BCUT2D eigenvalue weighted by Crippen LogP contribution is -2.32. The van der Waals surface area contributed by atoms with E-state index < -0.39 is 0 Å². The summed E-state index contributed by atoms with van der Waals surface area (Å²) in [6.07, 6.45) is 2.58.